The van der Waals surface area contributed by atoms with Gasteiger partial charge in [0.05, 0.1) is 24.2 Å². The van der Waals surface area contributed by atoms with Gasteiger partial charge in [0, 0.05) is 17.5 Å². The summed E-state index contributed by atoms with van der Waals surface area (Å²) in [6.07, 6.45) is 3.67. The number of rotatable bonds is 2. The molecule has 0 bridgehead atoms. The number of carbonyl (C=O) groups excluding carboxylic acids is 1. The van der Waals surface area contributed by atoms with Gasteiger partial charge in [-0.2, -0.15) is 10.5 Å². The summed E-state index contributed by atoms with van der Waals surface area (Å²) in [6.45, 7) is 5.43. The maximum absolute atomic E-state index is 15.0. The molecule has 0 aromatic heterocycles. The smallest absolute Gasteiger partial charge is 0.177 e. The molecule has 0 unspecified atom stereocenters. The van der Waals surface area contributed by atoms with Gasteiger partial charge in [-0.3, -0.25) is 4.79 Å². The number of hydrogen-bond acceptors (Lipinski definition) is 4. The number of nitriles is 2. The number of nitrogens with zero attached hydrogens (tertiary/aromatic N) is 3. The van der Waals surface area contributed by atoms with Crippen LogP contribution in [0.1, 0.15) is 49.4 Å². The highest BCUT2D eigenvalue weighted by Crippen LogP contribution is 2.60. The molecule has 3 atom stereocenters. The molecule has 0 amide bonds. The first-order valence-electron chi connectivity index (χ1n) is 9.92. The number of benzene rings is 2. The topological polar surface area (TPSA) is 67.9 Å². The SMILES string of the molecule is CC(C)(C)C(=O)[C@@H]1[C@H](c2ccccc2F)C(C#N)(C#N)[C@H]2c3ccccc3C=CN12. The van der Waals surface area contributed by atoms with E-state index in [9.17, 15) is 19.7 Å². The van der Waals surface area contributed by atoms with Gasteiger partial charge in [0.1, 0.15) is 5.82 Å². The number of ketones is 1. The zero-order valence-corrected chi connectivity index (χ0v) is 17.1. The van der Waals surface area contributed by atoms with E-state index in [1.54, 1.807) is 29.3 Å². The fourth-order valence-corrected chi connectivity index (χ4v) is 4.81. The summed E-state index contributed by atoms with van der Waals surface area (Å²) in [6, 6.07) is 16.6. The Kier molecular flexibility index (Phi) is 4.51. The molecule has 4 rings (SSSR count). The van der Waals surface area contributed by atoms with E-state index >= 15 is 0 Å². The average molecular weight is 399 g/mol. The first-order chi connectivity index (χ1) is 14.3. The van der Waals surface area contributed by atoms with Crippen molar-refractivity contribution in [3.8, 4) is 12.1 Å². The molecule has 30 heavy (non-hydrogen) atoms. The minimum Gasteiger partial charge on any atom is -0.357 e. The van der Waals surface area contributed by atoms with Gasteiger partial charge in [-0.1, -0.05) is 63.2 Å². The Balaban J connectivity index is 2.05. The number of Topliss-reactive ketones (excluding diaryl/α,β-unsaturated/α-hetero) is 1. The molecule has 0 spiro atoms. The van der Waals surface area contributed by atoms with E-state index < -0.39 is 34.6 Å². The van der Waals surface area contributed by atoms with Crippen LogP contribution in [0.2, 0.25) is 0 Å². The summed E-state index contributed by atoms with van der Waals surface area (Å²) in [5, 5.41) is 20.7. The molecule has 2 heterocycles. The monoisotopic (exact) mass is 399 g/mol. The molecular weight excluding hydrogens is 377 g/mol. The molecule has 2 aromatic rings. The molecule has 0 radical (unpaired) electrons. The Morgan fingerprint density at radius 2 is 1.63 bits per heavy atom. The second-order valence-corrected chi connectivity index (χ2v) is 8.95. The minimum absolute atomic E-state index is 0.128. The lowest BCUT2D eigenvalue weighted by molar-refractivity contribution is -0.130. The molecule has 150 valence electrons. The standard InChI is InChI=1S/C25H22FN3O/c1-24(2,3)23(30)21-20(18-10-6-7-11-19(18)26)25(14-27,15-28)22-17-9-5-4-8-16(17)12-13-29(21)22/h4-13,20-22H,1-3H3/t20-,21-,22+/m0/s1. The predicted molar refractivity (Wildman–Crippen MR) is 111 cm³/mol. The number of fused-ring (bicyclic) bond motifs is 3. The van der Waals surface area contributed by atoms with Crippen LogP contribution in [0, 0.1) is 39.3 Å². The van der Waals surface area contributed by atoms with E-state index in [4.69, 9.17) is 0 Å². The third kappa shape index (κ3) is 2.66. The van der Waals surface area contributed by atoms with Crippen LogP contribution in [0.3, 0.4) is 0 Å². The van der Waals surface area contributed by atoms with Crippen molar-refractivity contribution >= 4 is 11.9 Å². The molecule has 1 saturated heterocycles. The van der Waals surface area contributed by atoms with Crippen molar-refractivity contribution in [2.24, 2.45) is 10.8 Å². The third-order valence-corrected chi connectivity index (χ3v) is 6.19. The summed E-state index contributed by atoms with van der Waals surface area (Å²) in [7, 11) is 0. The van der Waals surface area contributed by atoms with Crippen molar-refractivity contribution in [2.45, 2.75) is 38.8 Å². The van der Waals surface area contributed by atoms with E-state index in [1.807, 2.05) is 51.1 Å². The number of halogens is 1. The molecule has 0 aliphatic carbocycles. The molecule has 2 aromatic carbocycles. The normalized spacial score (nSPS) is 23.8. The van der Waals surface area contributed by atoms with Crippen molar-refractivity contribution in [2.75, 3.05) is 0 Å². The number of hydrogen-bond donors (Lipinski definition) is 0. The Labute approximate surface area is 175 Å². The van der Waals surface area contributed by atoms with Gasteiger partial charge < -0.3 is 4.90 Å². The van der Waals surface area contributed by atoms with Gasteiger partial charge in [0.15, 0.2) is 11.2 Å². The van der Waals surface area contributed by atoms with Crippen LogP contribution in [0.4, 0.5) is 4.39 Å². The second kappa shape index (κ2) is 6.82. The fourth-order valence-electron chi connectivity index (χ4n) is 4.81. The van der Waals surface area contributed by atoms with Gasteiger partial charge in [-0.05, 0) is 28.8 Å². The zero-order valence-electron chi connectivity index (χ0n) is 17.1. The van der Waals surface area contributed by atoms with E-state index in [0.717, 1.165) is 11.1 Å². The van der Waals surface area contributed by atoms with E-state index in [-0.39, 0.29) is 11.3 Å². The van der Waals surface area contributed by atoms with Crippen molar-refractivity contribution in [3.05, 3.63) is 77.2 Å². The highest BCUT2D eigenvalue weighted by Gasteiger charge is 2.65. The molecule has 1 fully saturated rings. The molecule has 5 heteroatoms. The highest BCUT2D eigenvalue weighted by molar-refractivity contribution is 5.91. The van der Waals surface area contributed by atoms with Gasteiger partial charge in [-0.25, -0.2) is 4.39 Å². The summed E-state index contributed by atoms with van der Waals surface area (Å²) in [5.74, 6) is -1.57. The quantitative estimate of drug-likeness (QED) is 0.715. The van der Waals surface area contributed by atoms with Crippen molar-refractivity contribution in [1.29, 1.82) is 10.5 Å². The third-order valence-electron chi connectivity index (χ3n) is 6.19. The van der Waals surface area contributed by atoms with Crippen LogP contribution < -0.4 is 0 Å². The fraction of sp³-hybridized carbons (Fsp3) is 0.320. The Morgan fingerprint density at radius 1 is 1.03 bits per heavy atom. The lowest BCUT2D eigenvalue weighted by atomic mass is 9.66. The maximum atomic E-state index is 15.0. The Hall–Kier alpha value is -3.44. The summed E-state index contributed by atoms with van der Waals surface area (Å²) >= 11 is 0. The average Bonchev–Trinajstić information content (AvgIpc) is 3.03. The van der Waals surface area contributed by atoms with Gasteiger partial charge in [0.25, 0.3) is 0 Å². The van der Waals surface area contributed by atoms with Crippen molar-refractivity contribution in [1.82, 2.24) is 4.90 Å². The van der Waals surface area contributed by atoms with Crippen LogP contribution in [-0.2, 0) is 4.79 Å². The van der Waals surface area contributed by atoms with Crippen LogP contribution in [0.5, 0.6) is 0 Å². The molecule has 0 N–H and O–H groups in total. The van der Waals surface area contributed by atoms with Crippen LogP contribution in [0.25, 0.3) is 6.08 Å². The molecule has 0 saturated carbocycles. The summed E-state index contributed by atoms with van der Waals surface area (Å²) < 4.78 is 15.0. The summed E-state index contributed by atoms with van der Waals surface area (Å²) in [4.78, 5) is 15.4. The highest BCUT2D eigenvalue weighted by atomic mass is 19.1. The van der Waals surface area contributed by atoms with Crippen LogP contribution in [0.15, 0.2) is 54.7 Å². The molecule has 2 aliphatic rings. The first-order valence-corrected chi connectivity index (χ1v) is 9.92. The molecular formula is C25H22FN3O. The molecule has 4 nitrogen and oxygen atoms in total. The lowest BCUT2D eigenvalue weighted by Gasteiger charge is -2.36. The van der Waals surface area contributed by atoms with E-state index in [2.05, 4.69) is 12.1 Å². The van der Waals surface area contributed by atoms with Crippen LogP contribution in [-0.4, -0.2) is 16.7 Å². The number of carbonyl (C=O) groups is 1. The zero-order chi connectivity index (χ0) is 21.7. The molecule has 2 aliphatic heterocycles. The van der Waals surface area contributed by atoms with Gasteiger partial charge in [0.2, 0.25) is 0 Å². The summed E-state index contributed by atoms with van der Waals surface area (Å²) in [5.41, 5.74) is -0.444. The Morgan fingerprint density at radius 3 is 2.23 bits per heavy atom. The van der Waals surface area contributed by atoms with Crippen molar-refractivity contribution < 1.29 is 9.18 Å². The Bertz CT molecular complexity index is 1120. The van der Waals surface area contributed by atoms with Gasteiger partial charge in [-0.15, -0.1) is 0 Å². The minimum atomic E-state index is -1.63. The first kappa shape index (κ1) is 19.9. The van der Waals surface area contributed by atoms with Gasteiger partial charge >= 0.3 is 0 Å². The van der Waals surface area contributed by atoms with E-state index in [0.29, 0.717) is 0 Å². The van der Waals surface area contributed by atoms with Crippen LogP contribution >= 0.6 is 0 Å². The van der Waals surface area contributed by atoms with Crippen molar-refractivity contribution in [3.63, 3.8) is 0 Å². The maximum Gasteiger partial charge on any atom is 0.177 e. The van der Waals surface area contributed by atoms with E-state index in [1.165, 1.54) is 6.07 Å². The second-order valence-electron chi connectivity index (χ2n) is 8.95. The lowest BCUT2D eigenvalue weighted by Crippen LogP contribution is -2.43. The largest absolute Gasteiger partial charge is 0.357 e. The predicted octanol–water partition coefficient (Wildman–Crippen LogP) is 4.97.